The summed E-state index contributed by atoms with van der Waals surface area (Å²) >= 11 is 0. The van der Waals surface area contributed by atoms with Gasteiger partial charge in [-0.2, -0.15) is 0 Å². The molecule has 0 bridgehead atoms. The van der Waals surface area contributed by atoms with E-state index in [9.17, 15) is 35.7 Å². The molecule has 9 nitrogen and oxygen atoms in total. The average molecular weight is 406 g/mol. The molecule has 9 heteroatoms. The predicted molar refractivity (Wildman–Crippen MR) is 101 cm³/mol. The minimum absolute atomic E-state index is 0.0600. The van der Waals surface area contributed by atoms with Crippen molar-refractivity contribution in [2.24, 2.45) is 0 Å². The highest BCUT2D eigenvalue weighted by Gasteiger charge is 2.44. The fourth-order valence-electron chi connectivity index (χ4n) is 2.93. The van der Waals surface area contributed by atoms with Crippen molar-refractivity contribution in [1.82, 2.24) is 0 Å². The summed E-state index contributed by atoms with van der Waals surface area (Å²) in [6, 6.07) is 8.46. The molecule has 1 saturated heterocycles. The number of rotatable bonds is 5. The molecule has 0 aromatic heterocycles. The first-order chi connectivity index (χ1) is 13.8. The van der Waals surface area contributed by atoms with E-state index in [0.717, 1.165) is 0 Å². The van der Waals surface area contributed by atoms with Crippen LogP contribution in [0.1, 0.15) is 11.1 Å². The van der Waals surface area contributed by atoms with E-state index in [-0.39, 0.29) is 23.0 Å². The Kier molecular flexibility index (Phi) is 6.26. The van der Waals surface area contributed by atoms with Crippen molar-refractivity contribution >= 4 is 12.2 Å². The monoisotopic (exact) mass is 406 g/mol. The van der Waals surface area contributed by atoms with Gasteiger partial charge in [-0.05, 0) is 35.4 Å². The Labute approximate surface area is 165 Å². The highest BCUT2D eigenvalue weighted by atomic mass is 16.7. The maximum atomic E-state index is 10.1. The minimum atomic E-state index is -1.61. The molecule has 5 atom stereocenters. The van der Waals surface area contributed by atoms with Crippen LogP contribution in [0.25, 0.3) is 12.2 Å². The topological polar surface area (TPSA) is 160 Å². The van der Waals surface area contributed by atoms with Gasteiger partial charge in [0.05, 0.1) is 6.61 Å². The largest absolute Gasteiger partial charge is 0.508 e. The first-order valence-corrected chi connectivity index (χ1v) is 8.80. The first kappa shape index (κ1) is 20.9. The molecule has 0 amide bonds. The van der Waals surface area contributed by atoms with Crippen molar-refractivity contribution in [3.63, 3.8) is 0 Å². The Balaban J connectivity index is 1.79. The van der Waals surface area contributed by atoms with Gasteiger partial charge in [-0.3, -0.25) is 0 Å². The van der Waals surface area contributed by atoms with Gasteiger partial charge in [0.15, 0.2) is 11.5 Å². The van der Waals surface area contributed by atoms with Gasteiger partial charge < -0.3 is 45.2 Å². The van der Waals surface area contributed by atoms with Gasteiger partial charge in [-0.1, -0.05) is 18.2 Å². The predicted octanol–water partition coefficient (Wildman–Crippen LogP) is 0.152. The van der Waals surface area contributed by atoms with Crippen molar-refractivity contribution < 1.29 is 45.2 Å². The number of ether oxygens (including phenoxy) is 2. The maximum absolute atomic E-state index is 10.1. The standard InChI is InChI=1S/C20H22O9/c21-9-16-17(25)18(26)19(27)20(29-16)28-15-7-10(3-4-14(15)24)1-2-11-5-12(22)8-13(23)6-11/h1-8,16-27H,9H2/t16-,17-,18+,19-,20?/m1/s1. The number of benzene rings is 2. The molecule has 0 radical (unpaired) electrons. The van der Waals surface area contributed by atoms with Gasteiger partial charge in [0.1, 0.15) is 35.9 Å². The lowest BCUT2D eigenvalue weighted by Gasteiger charge is -2.39. The summed E-state index contributed by atoms with van der Waals surface area (Å²) in [4.78, 5) is 0. The number of phenols is 3. The van der Waals surface area contributed by atoms with Crippen molar-refractivity contribution in [1.29, 1.82) is 0 Å². The second kappa shape index (κ2) is 8.68. The van der Waals surface area contributed by atoms with Crippen LogP contribution < -0.4 is 4.74 Å². The van der Waals surface area contributed by atoms with Gasteiger partial charge in [-0.15, -0.1) is 0 Å². The molecule has 1 aliphatic rings. The van der Waals surface area contributed by atoms with Gasteiger partial charge in [0, 0.05) is 6.07 Å². The molecule has 0 spiro atoms. The van der Waals surface area contributed by atoms with E-state index in [0.29, 0.717) is 11.1 Å². The minimum Gasteiger partial charge on any atom is -0.508 e. The maximum Gasteiger partial charge on any atom is 0.229 e. The van der Waals surface area contributed by atoms with E-state index in [1.807, 2.05) is 0 Å². The molecule has 3 rings (SSSR count). The highest BCUT2D eigenvalue weighted by molar-refractivity contribution is 5.72. The number of aliphatic hydroxyl groups excluding tert-OH is 4. The van der Waals surface area contributed by atoms with Crippen LogP contribution >= 0.6 is 0 Å². The molecule has 29 heavy (non-hydrogen) atoms. The van der Waals surface area contributed by atoms with Crippen LogP contribution in [0, 0.1) is 0 Å². The smallest absolute Gasteiger partial charge is 0.229 e. The average Bonchev–Trinajstić information content (AvgIpc) is 2.68. The second-order valence-electron chi connectivity index (χ2n) is 6.66. The zero-order valence-corrected chi connectivity index (χ0v) is 15.2. The van der Waals surface area contributed by atoms with Crippen molar-refractivity contribution in [2.45, 2.75) is 30.7 Å². The Hall–Kier alpha value is -2.82. The molecule has 0 aliphatic carbocycles. The molecule has 0 saturated carbocycles. The molecule has 1 fully saturated rings. The molecule has 2 aromatic carbocycles. The summed E-state index contributed by atoms with van der Waals surface area (Å²) in [5.74, 6) is -0.506. The van der Waals surface area contributed by atoms with E-state index in [4.69, 9.17) is 9.47 Å². The van der Waals surface area contributed by atoms with Crippen LogP contribution in [0.4, 0.5) is 0 Å². The Morgan fingerprint density at radius 3 is 2.14 bits per heavy atom. The zero-order chi connectivity index (χ0) is 21.1. The summed E-state index contributed by atoms with van der Waals surface area (Å²) in [7, 11) is 0. The molecule has 1 aliphatic heterocycles. The molecule has 1 unspecified atom stereocenters. The highest BCUT2D eigenvalue weighted by Crippen LogP contribution is 2.32. The number of aromatic hydroxyl groups is 3. The third-order valence-corrected chi connectivity index (χ3v) is 4.47. The third kappa shape index (κ3) is 4.78. The molecule has 156 valence electrons. The van der Waals surface area contributed by atoms with Gasteiger partial charge in [0.25, 0.3) is 0 Å². The summed E-state index contributed by atoms with van der Waals surface area (Å²) < 4.78 is 10.7. The SMILES string of the molecule is OC[C@H]1OC(Oc2cc(C=Cc3cc(O)cc(O)c3)ccc2O)[C@H](O)[C@@H](O)[C@@H]1O. The van der Waals surface area contributed by atoms with Crippen LogP contribution in [0.2, 0.25) is 0 Å². The zero-order valence-electron chi connectivity index (χ0n) is 15.2. The fraction of sp³-hybridized carbons (Fsp3) is 0.300. The van der Waals surface area contributed by atoms with Crippen LogP contribution in [0.5, 0.6) is 23.0 Å². The summed E-state index contributed by atoms with van der Waals surface area (Å²) in [5, 5.41) is 68.0. The number of hydrogen-bond donors (Lipinski definition) is 7. The van der Waals surface area contributed by atoms with Crippen LogP contribution in [-0.2, 0) is 4.74 Å². The Morgan fingerprint density at radius 1 is 0.828 bits per heavy atom. The molecular formula is C20H22O9. The van der Waals surface area contributed by atoms with Gasteiger partial charge in [0.2, 0.25) is 6.29 Å². The van der Waals surface area contributed by atoms with E-state index in [1.165, 1.54) is 30.3 Å². The number of phenolic OH excluding ortho intramolecular Hbond substituents is 3. The fourth-order valence-corrected chi connectivity index (χ4v) is 2.93. The van der Waals surface area contributed by atoms with Crippen LogP contribution in [0.15, 0.2) is 36.4 Å². The quantitative estimate of drug-likeness (QED) is 0.343. The van der Waals surface area contributed by atoms with Crippen LogP contribution in [0.3, 0.4) is 0 Å². The number of hydrogen-bond acceptors (Lipinski definition) is 9. The summed E-state index contributed by atoms with van der Waals surface area (Å²) in [5.41, 5.74) is 1.11. The van der Waals surface area contributed by atoms with E-state index in [1.54, 1.807) is 18.2 Å². The lowest BCUT2D eigenvalue weighted by atomic mass is 9.99. The first-order valence-electron chi connectivity index (χ1n) is 8.80. The van der Waals surface area contributed by atoms with Crippen molar-refractivity contribution in [3.05, 3.63) is 47.5 Å². The van der Waals surface area contributed by atoms with Crippen LogP contribution in [-0.4, -0.2) is 73.1 Å². The van der Waals surface area contributed by atoms with E-state index in [2.05, 4.69) is 0 Å². The summed E-state index contributed by atoms with van der Waals surface area (Å²) in [6.07, 6.45) is -4.05. The Bertz CT molecular complexity index is 860. The van der Waals surface area contributed by atoms with E-state index < -0.39 is 37.3 Å². The number of aliphatic hydroxyl groups is 4. The normalized spacial score (nSPS) is 27.2. The van der Waals surface area contributed by atoms with Gasteiger partial charge >= 0.3 is 0 Å². The molecular weight excluding hydrogens is 384 g/mol. The van der Waals surface area contributed by atoms with Crippen molar-refractivity contribution in [3.8, 4) is 23.0 Å². The lowest BCUT2D eigenvalue weighted by Crippen LogP contribution is -2.60. The lowest BCUT2D eigenvalue weighted by molar-refractivity contribution is -0.277. The molecule has 2 aromatic rings. The molecule has 1 heterocycles. The summed E-state index contributed by atoms with van der Waals surface area (Å²) in [6.45, 7) is -0.601. The second-order valence-corrected chi connectivity index (χ2v) is 6.66. The Morgan fingerprint density at radius 2 is 1.48 bits per heavy atom. The third-order valence-electron chi connectivity index (χ3n) is 4.47. The molecule has 7 N–H and O–H groups in total. The van der Waals surface area contributed by atoms with Crippen molar-refractivity contribution in [2.75, 3.05) is 6.61 Å². The van der Waals surface area contributed by atoms with Gasteiger partial charge in [-0.25, -0.2) is 0 Å². The van der Waals surface area contributed by atoms with E-state index >= 15 is 0 Å².